The molecule has 4 saturated carbocycles. The summed E-state index contributed by atoms with van der Waals surface area (Å²) >= 11 is 0. The monoisotopic (exact) mass is 490 g/mol. The van der Waals surface area contributed by atoms with Gasteiger partial charge in [0.05, 0.1) is 13.2 Å². The number of ketones is 1. The van der Waals surface area contributed by atoms with E-state index in [4.69, 9.17) is 0 Å². The van der Waals surface area contributed by atoms with Crippen LogP contribution in [-0.2, 0) is 9.59 Å². The van der Waals surface area contributed by atoms with Crippen molar-refractivity contribution in [1.29, 1.82) is 0 Å². The second-order valence-electron chi connectivity index (χ2n) is 12.9. The fourth-order valence-corrected chi connectivity index (χ4v) is 9.48. The maximum atomic E-state index is 14.0. The van der Waals surface area contributed by atoms with Crippen LogP contribution >= 0.6 is 0 Å². The van der Waals surface area contributed by atoms with Crippen molar-refractivity contribution < 1.29 is 19.8 Å². The highest BCUT2D eigenvalue weighted by molar-refractivity contribution is 5.87. The molecule has 0 aromatic carbocycles. The van der Waals surface area contributed by atoms with Gasteiger partial charge < -0.3 is 20.4 Å². The molecule has 4 aliphatic carbocycles. The molecule has 0 aromatic heterocycles. The third-order valence-electron chi connectivity index (χ3n) is 11.6. The van der Waals surface area contributed by atoms with Gasteiger partial charge in [0.2, 0.25) is 5.91 Å². The van der Waals surface area contributed by atoms with Crippen molar-refractivity contribution >= 4 is 11.7 Å². The van der Waals surface area contributed by atoms with Crippen LogP contribution in [0, 0.1) is 46.3 Å². The number of fused-ring (bicyclic) bond motifs is 5. The van der Waals surface area contributed by atoms with Crippen molar-refractivity contribution in [2.45, 2.75) is 91.0 Å². The van der Waals surface area contributed by atoms with E-state index in [0.717, 1.165) is 31.6 Å². The molecule has 1 amide bonds. The number of carbonyl (C=O) groups is 2. The highest BCUT2D eigenvalue weighted by Crippen LogP contribution is 2.67. The van der Waals surface area contributed by atoms with E-state index in [1.807, 2.05) is 0 Å². The summed E-state index contributed by atoms with van der Waals surface area (Å²) in [4.78, 5) is 28.2. The molecule has 200 valence electrons. The minimum atomic E-state index is -0.245. The first-order chi connectivity index (χ1) is 16.7. The molecule has 0 unspecified atom stereocenters. The summed E-state index contributed by atoms with van der Waals surface area (Å²) in [6, 6.07) is 0.638. The van der Waals surface area contributed by atoms with Crippen molar-refractivity contribution in [3.8, 4) is 0 Å². The second kappa shape index (κ2) is 10.8. The number of aliphatic hydroxyl groups excluding tert-OH is 2. The number of carbonyl (C=O) groups excluding carboxylic acids is 2. The molecule has 0 saturated heterocycles. The van der Waals surface area contributed by atoms with E-state index in [2.05, 4.69) is 33.1 Å². The lowest BCUT2D eigenvalue weighted by molar-refractivity contribution is -0.158. The molecule has 0 aliphatic heterocycles. The van der Waals surface area contributed by atoms with Gasteiger partial charge in [-0.05, 0) is 99.3 Å². The third-order valence-corrected chi connectivity index (χ3v) is 11.6. The molecule has 0 spiro atoms. The molecule has 35 heavy (non-hydrogen) atoms. The molecule has 6 nitrogen and oxygen atoms in total. The van der Waals surface area contributed by atoms with E-state index >= 15 is 0 Å². The van der Waals surface area contributed by atoms with Gasteiger partial charge in [0.15, 0.2) is 0 Å². The lowest BCUT2D eigenvalue weighted by Gasteiger charge is -2.60. The predicted molar refractivity (Wildman–Crippen MR) is 138 cm³/mol. The van der Waals surface area contributed by atoms with Gasteiger partial charge in [-0.2, -0.15) is 0 Å². The van der Waals surface area contributed by atoms with Crippen LogP contribution in [0.5, 0.6) is 0 Å². The number of hydrogen-bond acceptors (Lipinski definition) is 5. The van der Waals surface area contributed by atoms with Crippen LogP contribution in [0.2, 0.25) is 0 Å². The Hall–Kier alpha value is -0.980. The quantitative estimate of drug-likeness (QED) is 0.459. The minimum Gasteiger partial charge on any atom is -0.395 e. The number of Topliss-reactive ketones (excluding diaryl/α,β-unsaturated/α-hetero) is 1. The Balaban J connectivity index is 1.44. The first kappa shape index (κ1) is 27.1. The number of rotatable bonds is 9. The van der Waals surface area contributed by atoms with Crippen LogP contribution < -0.4 is 5.32 Å². The molecular weight excluding hydrogens is 440 g/mol. The molecule has 9 atom stereocenters. The van der Waals surface area contributed by atoms with Crippen LogP contribution in [-0.4, -0.2) is 66.2 Å². The van der Waals surface area contributed by atoms with Gasteiger partial charge in [-0.1, -0.05) is 20.8 Å². The van der Waals surface area contributed by atoms with Gasteiger partial charge in [-0.3, -0.25) is 9.59 Å². The summed E-state index contributed by atoms with van der Waals surface area (Å²) in [6.45, 7) is 7.40. The zero-order chi connectivity index (χ0) is 25.4. The van der Waals surface area contributed by atoms with Gasteiger partial charge in [-0.25, -0.2) is 0 Å². The Morgan fingerprint density at radius 3 is 2.46 bits per heavy atom. The zero-order valence-corrected chi connectivity index (χ0v) is 22.6. The van der Waals surface area contributed by atoms with E-state index in [0.29, 0.717) is 53.3 Å². The lowest BCUT2D eigenvalue weighted by Crippen LogP contribution is -2.58. The van der Waals surface area contributed by atoms with Gasteiger partial charge in [0.25, 0.3) is 0 Å². The number of nitrogens with one attached hydrogen (secondary N) is 1. The first-order valence-electron chi connectivity index (χ1n) is 14.4. The summed E-state index contributed by atoms with van der Waals surface area (Å²) in [6.07, 6.45) is 10.6. The Morgan fingerprint density at radius 1 is 1.09 bits per heavy atom. The van der Waals surface area contributed by atoms with E-state index in [9.17, 15) is 19.8 Å². The molecule has 4 fully saturated rings. The first-order valence-corrected chi connectivity index (χ1v) is 14.4. The number of aliphatic hydroxyl groups is 2. The molecule has 4 rings (SSSR count). The molecule has 4 aliphatic rings. The topological polar surface area (TPSA) is 89.9 Å². The molecular formula is C29H50N2O4. The average molecular weight is 491 g/mol. The Kier molecular flexibility index (Phi) is 8.34. The summed E-state index contributed by atoms with van der Waals surface area (Å²) in [5, 5.41) is 22.0. The van der Waals surface area contributed by atoms with Gasteiger partial charge in [0, 0.05) is 37.4 Å². The normalized spacial score (nSPS) is 41.6. The molecule has 0 aromatic rings. The molecule has 0 radical (unpaired) electrons. The van der Waals surface area contributed by atoms with Crippen LogP contribution in [0.15, 0.2) is 0 Å². The smallest absolute Gasteiger partial charge is 0.222 e. The zero-order valence-electron chi connectivity index (χ0n) is 22.6. The lowest BCUT2D eigenvalue weighted by atomic mass is 9.44. The van der Waals surface area contributed by atoms with Gasteiger partial charge in [0.1, 0.15) is 5.78 Å². The SMILES string of the molecule is CN[C@H]1CC[C@@]2(C)[C@H](CC[C@@H]3[C@@H]2CC(=O)[C@]2(C)[C@@H]([C@H](C)CCC(=O)N(CCO)CCO)CC[C@@H]32)C1. The van der Waals surface area contributed by atoms with Crippen LogP contribution in [0.3, 0.4) is 0 Å². The van der Waals surface area contributed by atoms with E-state index in [1.165, 1.54) is 32.1 Å². The molecule has 0 bridgehead atoms. The third kappa shape index (κ3) is 4.72. The molecule has 0 heterocycles. The summed E-state index contributed by atoms with van der Waals surface area (Å²) in [5.41, 5.74) is 0.0666. The molecule has 3 N–H and O–H groups in total. The van der Waals surface area contributed by atoms with Crippen LogP contribution in [0.4, 0.5) is 0 Å². The fraction of sp³-hybridized carbons (Fsp3) is 0.931. The van der Waals surface area contributed by atoms with Crippen molar-refractivity contribution in [2.24, 2.45) is 46.3 Å². The Labute approximate surface area is 212 Å². The highest BCUT2D eigenvalue weighted by Gasteiger charge is 2.63. The maximum absolute atomic E-state index is 14.0. The van der Waals surface area contributed by atoms with Crippen molar-refractivity contribution in [1.82, 2.24) is 10.2 Å². The van der Waals surface area contributed by atoms with E-state index < -0.39 is 0 Å². The number of amides is 1. The Morgan fingerprint density at radius 2 is 1.80 bits per heavy atom. The van der Waals surface area contributed by atoms with Crippen molar-refractivity contribution in [3.63, 3.8) is 0 Å². The number of hydrogen-bond donors (Lipinski definition) is 3. The summed E-state index contributed by atoms with van der Waals surface area (Å²) in [5.74, 6) is 3.63. The van der Waals surface area contributed by atoms with Crippen molar-refractivity contribution in [3.05, 3.63) is 0 Å². The van der Waals surface area contributed by atoms with E-state index in [1.54, 1.807) is 4.90 Å². The average Bonchev–Trinajstić information content (AvgIpc) is 3.21. The van der Waals surface area contributed by atoms with Gasteiger partial charge >= 0.3 is 0 Å². The van der Waals surface area contributed by atoms with E-state index in [-0.39, 0.29) is 37.6 Å². The standard InChI is InChI=1S/C29H50N2O4/c1-19(5-10-27(35)31(13-15-32)14-16-33)23-8-9-24-22-7-6-20-17-21(30-4)11-12-28(20,2)25(22)18-26(34)29(23,24)3/h19-25,30,32-33H,5-18H2,1-4H3/t19-,20-,21+,22+,23-,24+,25+,28+,29-/m1/s1. The molecule has 6 heteroatoms. The Bertz CT molecular complexity index is 768. The summed E-state index contributed by atoms with van der Waals surface area (Å²) < 4.78 is 0. The van der Waals surface area contributed by atoms with Crippen molar-refractivity contribution in [2.75, 3.05) is 33.4 Å². The number of nitrogens with zero attached hydrogens (tertiary/aromatic N) is 1. The summed E-state index contributed by atoms with van der Waals surface area (Å²) in [7, 11) is 2.10. The van der Waals surface area contributed by atoms with Crippen LogP contribution in [0.1, 0.15) is 85.0 Å². The van der Waals surface area contributed by atoms with Crippen LogP contribution in [0.25, 0.3) is 0 Å². The highest BCUT2D eigenvalue weighted by atomic mass is 16.3. The second-order valence-corrected chi connectivity index (χ2v) is 12.9. The fourth-order valence-electron chi connectivity index (χ4n) is 9.48. The predicted octanol–water partition coefficient (Wildman–Crippen LogP) is 3.64. The maximum Gasteiger partial charge on any atom is 0.222 e. The minimum absolute atomic E-state index is 0.00176. The largest absolute Gasteiger partial charge is 0.395 e. The van der Waals surface area contributed by atoms with Gasteiger partial charge in [-0.15, -0.1) is 0 Å².